The number of carbonyl (C=O) groups is 2. The minimum atomic E-state index is -0.799. The van der Waals surface area contributed by atoms with Gasteiger partial charge < -0.3 is 5.32 Å². The number of hydrazone groups is 1. The highest BCUT2D eigenvalue weighted by atomic mass is 19.1. The Labute approximate surface area is 180 Å². The van der Waals surface area contributed by atoms with Crippen LogP contribution in [0.15, 0.2) is 72.8 Å². The van der Waals surface area contributed by atoms with Crippen LogP contribution in [0.25, 0.3) is 0 Å². The Balaban J connectivity index is 1.70. The predicted molar refractivity (Wildman–Crippen MR) is 116 cm³/mol. The molecule has 5 nitrogen and oxygen atoms in total. The van der Waals surface area contributed by atoms with Gasteiger partial charge in [0.05, 0.1) is 0 Å². The van der Waals surface area contributed by atoms with Crippen LogP contribution in [0.2, 0.25) is 0 Å². The zero-order valence-electron chi connectivity index (χ0n) is 17.3. The molecule has 1 aliphatic heterocycles. The first-order valence-corrected chi connectivity index (χ1v) is 10.0. The number of amides is 2. The molecule has 0 aromatic heterocycles. The number of nitrogens with one attached hydrogen (secondary N) is 2. The molecule has 0 bridgehead atoms. The highest BCUT2D eigenvalue weighted by molar-refractivity contribution is 5.98. The quantitative estimate of drug-likeness (QED) is 0.640. The van der Waals surface area contributed by atoms with Gasteiger partial charge in [-0.25, -0.2) is 4.39 Å². The van der Waals surface area contributed by atoms with Crippen LogP contribution in [0.3, 0.4) is 0 Å². The standard InChI is InChI=1S/C25H22FN3O2/c1-16-6-10-19(11-7-16)23-22(27-24(30)20-5-3-4-17(2)14-20)25(31)28-29(23)15-18-8-12-21(26)13-9-18/h3-15,22-23H,1-2H3,(H-,27,28,30,31)/p+1/b29-15-/t22-,23+/m0/s1. The van der Waals surface area contributed by atoms with Crippen molar-refractivity contribution < 1.29 is 18.7 Å². The van der Waals surface area contributed by atoms with Crippen LogP contribution in [0.5, 0.6) is 0 Å². The monoisotopic (exact) mass is 416 g/mol. The van der Waals surface area contributed by atoms with E-state index in [4.69, 9.17) is 0 Å². The number of halogens is 1. The van der Waals surface area contributed by atoms with Crippen molar-refractivity contribution in [3.8, 4) is 0 Å². The van der Waals surface area contributed by atoms with Gasteiger partial charge in [0, 0.05) is 16.7 Å². The topological polar surface area (TPSA) is 61.2 Å². The van der Waals surface area contributed by atoms with E-state index in [0.29, 0.717) is 5.56 Å². The highest BCUT2D eigenvalue weighted by Gasteiger charge is 2.47. The van der Waals surface area contributed by atoms with Gasteiger partial charge in [-0.2, -0.15) is 0 Å². The summed E-state index contributed by atoms with van der Waals surface area (Å²) in [5.41, 5.74) is 6.98. The number of nitrogens with zero attached hydrogens (tertiary/aromatic N) is 1. The summed E-state index contributed by atoms with van der Waals surface area (Å²) in [6.07, 6.45) is 1.74. The lowest BCUT2D eigenvalue weighted by atomic mass is 9.98. The number of hydrogen-bond donors (Lipinski definition) is 2. The Morgan fingerprint density at radius 1 is 1.00 bits per heavy atom. The second kappa shape index (κ2) is 8.52. The van der Waals surface area contributed by atoms with E-state index < -0.39 is 12.1 Å². The van der Waals surface area contributed by atoms with E-state index in [1.807, 2.05) is 50.2 Å². The summed E-state index contributed by atoms with van der Waals surface area (Å²) in [6.45, 7) is 3.90. The average Bonchev–Trinajstić information content (AvgIpc) is 3.05. The maximum absolute atomic E-state index is 13.3. The summed E-state index contributed by atoms with van der Waals surface area (Å²) in [7, 11) is 0. The summed E-state index contributed by atoms with van der Waals surface area (Å²) < 4.78 is 15.0. The number of hydrogen-bond acceptors (Lipinski definition) is 2. The van der Waals surface area contributed by atoms with Crippen LogP contribution in [-0.2, 0) is 4.79 Å². The van der Waals surface area contributed by atoms with E-state index in [1.54, 1.807) is 35.2 Å². The van der Waals surface area contributed by atoms with Crippen LogP contribution in [0.4, 0.5) is 4.39 Å². The first-order valence-electron chi connectivity index (χ1n) is 10.0. The molecule has 31 heavy (non-hydrogen) atoms. The van der Waals surface area contributed by atoms with Crippen molar-refractivity contribution in [1.82, 2.24) is 10.7 Å². The molecule has 0 radical (unpaired) electrons. The van der Waals surface area contributed by atoms with E-state index in [9.17, 15) is 14.0 Å². The molecular formula is C25H23FN3O2+. The lowest BCUT2D eigenvalue weighted by Crippen LogP contribution is -2.42. The minimum absolute atomic E-state index is 0.315. The van der Waals surface area contributed by atoms with Crippen LogP contribution < -0.4 is 10.7 Å². The molecule has 2 N–H and O–H groups in total. The van der Waals surface area contributed by atoms with Crippen molar-refractivity contribution in [2.24, 2.45) is 0 Å². The third-order valence-corrected chi connectivity index (χ3v) is 5.28. The molecule has 6 heteroatoms. The van der Waals surface area contributed by atoms with Crippen LogP contribution >= 0.6 is 0 Å². The molecule has 1 heterocycles. The van der Waals surface area contributed by atoms with Gasteiger partial charge in [0.15, 0.2) is 6.04 Å². The van der Waals surface area contributed by atoms with Gasteiger partial charge in [0.25, 0.3) is 5.91 Å². The van der Waals surface area contributed by atoms with Gasteiger partial charge in [-0.3, -0.25) is 9.59 Å². The van der Waals surface area contributed by atoms with Crippen molar-refractivity contribution in [3.63, 3.8) is 0 Å². The molecule has 0 unspecified atom stereocenters. The van der Waals surface area contributed by atoms with E-state index in [0.717, 1.165) is 22.3 Å². The van der Waals surface area contributed by atoms with Gasteiger partial charge in [0.1, 0.15) is 5.82 Å². The molecule has 156 valence electrons. The van der Waals surface area contributed by atoms with E-state index in [-0.39, 0.29) is 17.6 Å². The third-order valence-electron chi connectivity index (χ3n) is 5.28. The number of hydrazine groups is 1. The van der Waals surface area contributed by atoms with E-state index in [1.165, 1.54) is 12.1 Å². The third kappa shape index (κ3) is 4.53. The van der Waals surface area contributed by atoms with Crippen molar-refractivity contribution in [2.75, 3.05) is 0 Å². The number of benzene rings is 3. The van der Waals surface area contributed by atoms with Crippen LogP contribution in [0, 0.1) is 19.7 Å². The summed E-state index contributed by atoms with van der Waals surface area (Å²) in [6, 6.07) is 19.8. The first-order chi connectivity index (χ1) is 14.9. The van der Waals surface area contributed by atoms with Gasteiger partial charge in [-0.15, -0.1) is 10.1 Å². The van der Waals surface area contributed by atoms with Gasteiger partial charge in [-0.1, -0.05) is 47.5 Å². The summed E-state index contributed by atoms with van der Waals surface area (Å²) in [5.74, 6) is -0.962. The molecule has 1 aliphatic rings. The summed E-state index contributed by atoms with van der Waals surface area (Å²) in [5, 5.41) is 2.89. The fourth-order valence-corrected chi connectivity index (χ4v) is 3.66. The molecule has 2 atom stereocenters. The number of aryl methyl sites for hydroxylation is 2. The fourth-order valence-electron chi connectivity index (χ4n) is 3.66. The maximum atomic E-state index is 13.3. The summed E-state index contributed by atoms with van der Waals surface area (Å²) >= 11 is 0. The molecule has 1 saturated heterocycles. The maximum Gasteiger partial charge on any atom is 0.304 e. The second-order valence-corrected chi connectivity index (χ2v) is 7.74. The van der Waals surface area contributed by atoms with Gasteiger partial charge in [-0.05, 0) is 50.2 Å². The molecular weight excluding hydrogens is 393 g/mol. The molecule has 2 amide bonds. The Bertz CT molecular complexity index is 1150. The van der Waals surface area contributed by atoms with Crippen LogP contribution in [0.1, 0.15) is 38.7 Å². The SMILES string of the molecule is Cc1ccc([C@@H]2[C@H](NC(=O)c3cccc(C)c3)C(=O)N/[N+]2=C\c2ccc(F)cc2)cc1. The van der Waals surface area contributed by atoms with Crippen molar-refractivity contribution in [2.45, 2.75) is 25.9 Å². The highest BCUT2D eigenvalue weighted by Crippen LogP contribution is 2.26. The smallest absolute Gasteiger partial charge is 0.304 e. The zero-order valence-corrected chi connectivity index (χ0v) is 17.3. The number of rotatable bonds is 4. The Hall–Kier alpha value is -3.80. The molecule has 0 saturated carbocycles. The van der Waals surface area contributed by atoms with Gasteiger partial charge >= 0.3 is 5.91 Å². The van der Waals surface area contributed by atoms with Crippen molar-refractivity contribution in [3.05, 3.63) is 106 Å². The normalized spacial score (nSPS) is 19.3. The minimum Gasteiger partial charge on any atom is -0.334 e. The summed E-state index contributed by atoms with van der Waals surface area (Å²) in [4.78, 5) is 25.7. The molecule has 3 aromatic rings. The lowest BCUT2D eigenvalue weighted by Gasteiger charge is -2.15. The predicted octanol–water partition coefficient (Wildman–Crippen LogP) is 3.46. The molecule has 0 aliphatic carbocycles. The number of carbonyl (C=O) groups excluding carboxylic acids is 2. The molecule has 1 fully saturated rings. The van der Waals surface area contributed by atoms with E-state index >= 15 is 0 Å². The van der Waals surface area contributed by atoms with Crippen LogP contribution in [-0.4, -0.2) is 28.8 Å². The Kier molecular flexibility index (Phi) is 5.62. The molecule has 3 aromatic carbocycles. The lowest BCUT2D eigenvalue weighted by molar-refractivity contribution is -0.596. The van der Waals surface area contributed by atoms with Crippen molar-refractivity contribution in [1.29, 1.82) is 0 Å². The largest absolute Gasteiger partial charge is 0.334 e. The fraction of sp³-hybridized carbons (Fsp3) is 0.160. The second-order valence-electron chi connectivity index (χ2n) is 7.74. The Morgan fingerprint density at radius 2 is 1.71 bits per heavy atom. The van der Waals surface area contributed by atoms with Crippen molar-refractivity contribution >= 4 is 18.0 Å². The van der Waals surface area contributed by atoms with Gasteiger partial charge in [0.2, 0.25) is 12.3 Å². The first kappa shape index (κ1) is 20.5. The molecule has 0 spiro atoms. The van der Waals surface area contributed by atoms with E-state index in [2.05, 4.69) is 10.7 Å². The Morgan fingerprint density at radius 3 is 2.39 bits per heavy atom. The molecule has 4 rings (SSSR count). The zero-order chi connectivity index (χ0) is 22.0. The average molecular weight is 416 g/mol.